The van der Waals surface area contributed by atoms with E-state index in [4.69, 9.17) is 32.7 Å². The molecule has 2 heterocycles. The van der Waals surface area contributed by atoms with Gasteiger partial charge in [-0.3, -0.25) is 9.69 Å². The van der Waals surface area contributed by atoms with Crippen molar-refractivity contribution >= 4 is 29.1 Å². The Bertz CT molecular complexity index is 690. The third-order valence-electron chi connectivity index (χ3n) is 6.07. The number of amides is 1. The second kappa shape index (κ2) is 8.26. The van der Waals surface area contributed by atoms with E-state index in [1.54, 1.807) is 0 Å². The van der Waals surface area contributed by atoms with E-state index < -0.39 is 5.79 Å². The SMILES string of the molecule is O=C(NC1CCC2(CC1N1CCC1)OCCO2)c1ccc(CCl)c(CCl)c1. The number of carbonyl (C=O) groups excluding carboxylic acids is 1. The van der Waals surface area contributed by atoms with Gasteiger partial charge in [0.1, 0.15) is 0 Å². The first-order valence-electron chi connectivity index (χ1n) is 9.71. The number of likely N-dealkylation sites (tertiary alicyclic amines) is 1. The predicted octanol–water partition coefficient (Wildman–Crippen LogP) is 3.26. The summed E-state index contributed by atoms with van der Waals surface area (Å²) in [4.78, 5) is 15.3. The van der Waals surface area contributed by atoms with Crippen LogP contribution in [0, 0.1) is 0 Å². The Morgan fingerprint density at radius 1 is 1.19 bits per heavy atom. The van der Waals surface area contributed by atoms with Crippen LogP contribution in [0.3, 0.4) is 0 Å². The molecule has 0 bridgehead atoms. The lowest BCUT2D eigenvalue weighted by molar-refractivity contribution is -0.195. The summed E-state index contributed by atoms with van der Waals surface area (Å²) in [6.45, 7) is 3.48. The van der Waals surface area contributed by atoms with Gasteiger partial charge in [-0.1, -0.05) is 6.07 Å². The van der Waals surface area contributed by atoms with Crippen molar-refractivity contribution < 1.29 is 14.3 Å². The van der Waals surface area contributed by atoms with E-state index >= 15 is 0 Å². The average molecular weight is 413 g/mol. The van der Waals surface area contributed by atoms with Gasteiger partial charge in [0.25, 0.3) is 5.91 Å². The maximum atomic E-state index is 12.9. The monoisotopic (exact) mass is 412 g/mol. The Morgan fingerprint density at radius 3 is 2.56 bits per heavy atom. The van der Waals surface area contributed by atoms with Crippen molar-refractivity contribution in [3.05, 3.63) is 34.9 Å². The van der Waals surface area contributed by atoms with Crippen LogP contribution in [-0.4, -0.2) is 55.0 Å². The number of nitrogens with zero attached hydrogens (tertiary/aromatic N) is 1. The molecular weight excluding hydrogens is 387 g/mol. The molecule has 3 aliphatic rings. The zero-order valence-electron chi connectivity index (χ0n) is 15.4. The Labute approximate surface area is 170 Å². The Balaban J connectivity index is 1.48. The van der Waals surface area contributed by atoms with Crippen LogP contribution in [0.15, 0.2) is 18.2 Å². The van der Waals surface area contributed by atoms with Crippen molar-refractivity contribution in [1.29, 1.82) is 0 Å². The molecule has 1 amide bonds. The van der Waals surface area contributed by atoms with Crippen molar-refractivity contribution in [2.75, 3.05) is 26.3 Å². The molecule has 27 heavy (non-hydrogen) atoms. The highest BCUT2D eigenvalue weighted by molar-refractivity contribution is 6.18. The van der Waals surface area contributed by atoms with Crippen molar-refractivity contribution in [2.45, 2.75) is 55.3 Å². The molecule has 1 aromatic carbocycles. The van der Waals surface area contributed by atoms with E-state index in [2.05, 4.69) is 10.2 Å². The number of halogens is 2. The van der Waals surface area contributed by atoms with Gasteiger partial charge in [-0.2, -0.15) is 0 Å². The van der Waals surface area contributed by atoms with Crippen LogP contribution in [0.25, 0.3) is 0 Å². The van der Waals surface area contributed by atoms with Gasteiger partial charge in [0.15, 0.2) is 5.79 Å². The Hall–Kier alpha value is -0.850. The summed E-state index contributed by atoms with van der Waals surface area (Å²) in [5, 5.41) is 3.26. The number of rotatable bonds is 5. The van der Waals surface area contributed by atoms with Gasteiger partial charge in [0.05, 0.1) is 13.2 Å². The van der Waals surface area contributed by atoms with Crippen molar-refractivity contribution in [1.82, 2.24) is 10.2 Å². The number of alkyl halides is 2. The third kappa shape index (κ3) is 3.99. The normalized spacial score (nSPS) is 27.5. The lowest BCUT2D eigenvalue weighted by atomic mass is 9.83. The third-order valence-corrected chi connectivity index (χ3v) is 6.64. The number of nitrogens with one attached hydrogen (secondary N) is 1. The van der Waals surface area contributed by atoms with Gasteiger partial charge in [0, 0.05) is 42.2 Å². The molecule has 2 saturated heterocycles. The highest BCUT2D eigenvalue weighted by atomic mass is 35.5. The van der Waals surface area contributed by atoms with E-state index in [-0.39, 0.29) is 18.0 Å². The number of ether oxygens (including phenoxy) is 2. The van der Waals surface area contributed by atoms with Gasteiger partial charge in [-0.05, 0) is 49.2 Å². The van der Waals surface area contributed by atoms with E-state index in [9.17, 15) is 4.79 Å². The topological polar surface area (TPSA) is 50.8 Å². The fourth-order valence-corrected chi connectivity index (χ4v) is 4.90. The fraction of sp³-hybridized carbons (Fsp3) is 0.650. The van der Waals surface area contributed by atoms with Gasteiger partial charge in [-0.15, -0.1) is 23.2 Å². The van der Waals surface area contributed by atoms with Gasteiger partial charge >= 0.3 is 0 Å². The summed E-state index contributed by atoms with van der Waals surface area (Å²) < 4.78 is 11.9. The van der Waals surface area contributed by atoms with Crippen LogP contribution in [0.4, 0.5) is 0 Å². The second-order valence-corrected chi connectivity index (χ2v) is 8.17. The largest absolute Gasteiger partial charge is 0.348 e. The summed E-state index contributed by atoms with van der Waals surface area (Å²) in [6, 6.07) is 5.93. The standard InChI is InChI=1S/C20H26Cl2N2O3/c21-12-15-3-2-14(10-16(15)13-22)19(25)23-17-4-5-20(26-8-9-27-20)11-18(17)24-6-1-7-24/h2-3,10,17-18H,1,4-9,11-13H2,(H,23,25). The first-order valence-corrected chi connectivity index (χ1v) is 10.8. The Morgan fingerprint density at radius 2 is 1.93 bits per heavy atom. The lowest BCUT2D eigenvalue weighted by Gasteiger charge is -2.49. The summed E-state index contributed by atoms with van der Waals surface area (Å²) in [7, 11) is 0. The van der Waals surface area contributed by atoms with Crippen LogP contribution in [0.5, 0.6) is 0 Å². The molecule has 1 spiro atoms. The molecule has 2 unspecified atom stereocenters. The van der Waals surface area contributed by atoms with Crippen LogP contribution in [0.2, 0.25) is 0 Å². The number of carbonyl (C=O) groups is 1. The second-order valence-electron chi connectivity index (χ2n) is 7.64. The summed E-state index contributed by atoms with van der Waals surface area (Å²) >= 11 is 12.0. The van der Waals surface area contributed by atoms with Gasteiger partial charge in [-0.25, -0.2) is 0 Å². The van der Waals surface area contributed by atoms with Crippen LogP contribution < -0.4 is 5.32 Å². The highest BCUT2D eigenvalue weighted by Gasteiger charge is 2.48. The minimum absolute atomic E-state index is 0.0535. The van der Waals surface area contributed by atoms with Crippen LogP contribution in [-0.2, 0) is 21.2 Å². The van der Waals surface area contributed by atoms with E-state index in [1.165, 1.54) is 6.42 Å². The molecule has 0 aromatic heterocycles. The average Bonchev–Trinajstić information content (AvgIpc) is 3.10. The lowest BCUT2D eigenvalue weighted by Crippen LogP contribution is -2.61. The molecular formula is C20H26Cl2N2O3. The molecule has 3 fully saturated rings. The molecule has 1 saturated carbocycles. The molecule has 2 aliphatic heterocycles. The number of hydrogen-bond donors (Lipinski definition) is 1. The maximum Gasteiger partial charge on any atom is 0.251 e. The quantitative estimate of drug-likeness (QED) is 0.753. The minimum atomic E-state index is -0.449. The fourth-order valence-electron chi connectivity index (χ4n) is 4.39. The van der Waals surface area contributed by atoms with E-state index in [0.717, 1.165) is 43.5 Å². The summed E-state index contributed by atoms with van der Waals surface area (Å²) in [5.41, 5.74) is 2.52. The summed E-state index contributed by atoms with van der Waals surface area (Å²) in [5.74, 6) is 0.239. The van der Waals surface area contributed by atoms with Crippen molar-refractivity contribution in [3.8, 4) is 0 Å². The van der Waals surface area contributed by atoms with Crippen molar-refractivity contribution in [3.63, 3.8) is 0 Å². The van der Waals surface area contributed by atoms with Gasteiger partial charge in [0.2, 0.25) is 0 Å². The molecule has 1 N–H and O–H groups in total. The van der Waals surface area contributed by atoms with E-state index in [1.807, 2.05) is 18.2 Å². The molecule has 4 rings (SSSR count). The van der Waals surface area contributed by atoms with Crippen LogP contribution in [0.1, 0.15) is 47.2 Å². The molecule has 1 aliphatic carbocycles. The van der Waals surface area contributed by atoms with Crippen molar-refractivity contribution in [2.24, 2.45) is 0 Å². The zero-order chi connectivity index (χ0) is 18.9. The number of benzene rings is 1. The molecule has 148 valence electrons. The zero-order valence-corrected chi connectivity index (χ0v) is 16.9. The highest BCUT2D eigenvalue weighted by Crippen LogP contribution is 2.39. The number of hydrogen-bond acceptors (Lipinski definition) is 4. The van der Waals surface area contributed by atoms with Crippen LogP contribution >= 0.6 is 23.2 Å². The molecule has 2 atom stereocenters. The first-order chi connectivity index (χ1) is 13.1. The Kier molecular flexibility index (Phi) is 5.95. The molecule has 0 radical (unpaired) electrons. The molecule has 1 aromatic rings. The maximum absolute atomic E-state index is 12.9. The minimum Gasteiger partial charge on any atom is -0.348 e. The first kappa shape index (κ1) is 19.5. The van der Waals surface area contributed by atoms with Gasteiger partial charge < -0.3 is 14.8 Å². The smallest absolute Gasteiger partial charge is 0.251 e. The summed E-state index contributed by atoms with van der Waals surface area (Å²) in [6.07, 6.45) is 3.70. The molecule has 5 nitrogen and oxygen atoms in total. The predicted molar refractivity (Wildman–Crippen MR) is 105 cm³/mol. The molecule has 7 heteroatoms. The van der Waals surface area contributed by atoms with E-state index in [0.29, 0.717) is 30.5 Å².